The van der Waals surface area contributed by atoms with Crippen LogP contribution in [0.25, 0.3) is 0 Å². The maximum atomic E-state index is 12.5. The van der Waals surface area contributed by atoms with E-state index >= 15 is 0 Å². The van der Waals surface area contributed by atoms with E-state index in [0.717, 1.165) is 23.5 Å². The summed E-state index contributed by atoms with van der Waals surface area (Å²) in [6, 6.07) is 4.80. The summed E-state index contributed by atoms with van der Waals surface area (Å²) < 4.78 is 37.6. The molecule has 100 valence electrons. The minimum atomic E-state index is -4.38. The maximum Gasteiger partial charge on any atom is 0.416 e. The molecule has 19 heavy (non-hydrogen) atoms. The topological polar surface area (TPSA) is 74.8 Å². The SMILES string of the molecule is N=C(N)c1csc(Nc2cccc(C(F)(F)F)c2)n1. The zero-order valence-electron chi connectivity index (χ0n) is 9.45. The summed E-state index contributed by atoms with van der Waals surface area (Å²) in [7, 11) is 0. The first-order valence-electron chi connectivity index (χ1n) is 5.10. The molecule has 0 fully saturated rings. The van der Waals surface area contributed by atoms with Gasteiger partial charge in [-0.05, 0) is 18.2 Å². The number of amidine groups is 1. The number of thiazole rings is 1. The predicted octanol–water partition coefficient (Wildman–Crippen LogP) is 3.19. The summed E-state index contributed by atoms with van der Waals surface area (Å²) in [5.41, 5.74) is 5.09. The summed E-state index contributed by atoms with van der Waals surface area (Å²) in [6.07, 6.45) is -4.38. The largest absolute Gasteiger partial charge is 0.416 e. The van der Waals surface area contributed by atoms with E-state index in [1.54, 1.807) is 5.38 Å². The molecule has 2 aromatic rings. The molecule has 1 heterocycles. The second-order valence-corrected chi connectivity index (χ2v) is 4.51. The Kier molecular flexibility index (Phi) is 3.43. The number of nitrogens with one attached hydrogen (secondary N) is 2. The summed E-state index contributed by atoms with van der Waals surface area (Å²) in [5.74, 6) is -0.187. The van der Waals surface area contributed by atoms with Crippen LogP contribution in [-0.2, 0) is 6.18 Å². The molecule has 0 aliphatic rings. The van der Waals surface area contributed by atoms with Crippen molar-refractivity contribution in [1.29, 1.82) is 5.41 Å². The van der Waals surface area contributed by atoms with Gasteiger partial charge < -0.3 is 11.1 Å². The van der Waals surface area contributed by atoms with Crippen molar-refractivity contribution < 1.29 is 13.2 Å². The van der Waals surface area contributed by atoms with Crippen molar-refractivity contribution in [3.8, 4) is 0 Å². The lowest BCUT2D eigenvalue weighted by atomic mass is 10.2. The lowest BCUT2D eigenvalue weighted by molar-refractivity contribution is -0.137. The molecule has 0 amide bonds. The standard InChI is InChI=1S/C11H9F3N4S/c12-11(13,14)6-2-1-3-7(4-6)17-10-18-8(5-19-10)9(15)16/h1-5H,(H3,15,16)(H,17,18). The first kappa shape index (κ1) is 13.3. The van der Waals surface area contributed by atoms with Gasteiger partial charge in [0.1, 0.15) is 11.5 Å². The second-order valence-electron chi connectivity index (χ2n) is 3.66. The number of benzene rings is 1. The van der Waals surface area contributed by atoms with Gasteiger partial charge in [0.05, 0.1) is 5.56 Å². The van der Waals surface area contributed by atoms with Crippen molar-refractivity contribution in [2.45, 2.75) is 6.18 Å². The van der Waals surface area contributed by atoms with Gasteiger partial charge in [0.2, 0.25) is 0 Å². The van der Waals surface area contributed by atoms with Gasteiger partial charge in [0, 0.05) is 11.1 Å². The number of nitrogen functional groups attached to an aromatic ring is 1. The summed E-state index contributed by atoms with van der Waals surface area (Å²) in [5, 5.41) is 11.9. The number of rotatable bonds is 3. The van der Waals surface area contributed by atoms with Crippen LogP contribution in [0.1, 0.15) is 11.3 Å². The van der Waals surface area contributed by atoms with Crippen LogP contribution in [0.4, 0.5) is 24.0 Å². The molecule has 4 N–H and O–H groups in total. The van der Waals surface area contributed by atoms with Crippen molar-refractivity contribution in [1.82, 2.24) is 4.98 Å². The molecule has 0 radical (unpaired) electrons. The van der Waals surface area contributed by atoms with Gasteiger partial charge in [-0.25, -0.2) is 4.98 Å². The fraction of sp³-hybridized carbons (Fsp3) is 0.0909. The minimum absolute atomic E-state index is 0.187. The van der Waals surface area contributed by atoms with Crippen molar-refractivity contribution in [3.63, 3.8) is 0 Å². The third kappa shape index (κ3) is 3.22. The number of aromatic nitrogens is 1. The van der Waals surface area contributed by atoms with Crippen molar-refractivity contribution in [2.24, 2.45) is 5.73 Å². The van der Waals surface area contributed by atoms with Crippen molar-refractivity contribution in [3.05, 3.63) is 40.9 Å². The van der Waals surface area contributed by atoms with Gasteiger partial charge in [-0.15, -0.1) is 11.3 Å². The molecule has 1 aromatic carbocycles. The Labute approximate surface area is 110 Å². The Morgan fingerprint density at radius 3 is 2.68 bits per heavy atom. The average Bonchev–Trinajstić information content (AvgIpc) is 2.77. The Balaban J connectivity index is 2.21. The van der Waals surface area contributed by atoms with E-state index in [4.69, 9.17) is 11.1 Å². The van der Waals surface area contributed by atoms with E-state index in [9.17, 15) is 13.2 Å². The third-order valence-electron chi connectivity index (χ3n) is 2.22. The van der Waals surface area contributed by atoms with Crippen LogP contribution in [0.3, 0.4) is 0 Å². The molecule has 8 heteroatoms. The average molecular weight is 286 g/mol. The Hall–Kier alpha value is -2.09. The third-order valence-corrected chi connectivity index (χ3v) is 2.98. The number of anilines is 2. The highest BCUT2D eigenvalue weighted by molar-refractivity contribution is 7.14. The lowest BCUT2D eigenvalue weighted by Gasteiger charge is -2.08. The number of hydrogen-bond acceptors (Lipinski definition) is 4. The Morgan fingerprint density at radius 2 is 2.11 bits per heavy atom. The molecule has 0 aliphatic heterocycles. The fourth-order valence-corrected chi connectivity index (χ4v) is 2.08. The monoisotopic (exact) mass is 286 g/mol. The Bertz CT molecular complexity index is 606. The van der Waals surface area contributed by atoms with Crippen molar-refractivity contribution in [2.75, 3.05) is 5.32 Å². The highest BCUT2D eigenvalue weighted by Gasteiger charge is 2.30. The molecule has 0 spiro atoms. The normalized spacial score (nSPS) is 11.3. The number of nitrogens with zero attached hydrogens (tertiary/aromatic N) is 1. The molecule has 0 unspecified atom stereocenters. The van der Waals surface area contributed by atoms with Gasteiger partial charge in [-0.3, -0.25) is 5.41 Å². The number of hydrogen-bond donors (Lipinski definition) is 3. The molecule has 1 aromatic heterocycles. The number of halogens is 3. The van der Waals surface area contributed by atoms with Crippen LogP contribution in [-0.4, -0.2) is 10.8 Å². The van der Waals surface area contributed by atoms with Crippen LogP contribution < -0.4 is 11.1 Å². The molecule has 4 nitrogen and oxygen atoms in total. The molecule has 0 bridgehead atoms. The van der Waals surface area contributed by atoms with Crippen LogP contribution in [0, 0.1) is 5.41 Å². The zero-order chi connectivity index (χ0) is 14.0. The molecular weight excluding hydrogens is 277 g/mol. The van der Waals surface area contributed by atoms with E-state index < -0.39 is 11.7 Å². The molecule has 2 rings (SSSR count). The van der Waals surface area contributed by atoms with Crippen LogP contribution in [0.5, 0.6) is 0 Å². The van der Waals surface area contributed by atoms with Crippen molar-refractivity contribution >= 4 is 28.0 Å². The second kappa shape index (κ2) is 4.88. The quantitative estimate of drug-likeness (QED) is 0.599. The zero-order valence-corrected chi connectivity index (χ0v) is 10.3. The van der Waals surface area contributed by atoms with E-state index in [1.807, 2.05) is 0 Å². The summed E-state index contributed by atoms with van der Waals surface area (Å²) in [6.45, 7) is 0. The minimum Gasteiger partial charge on any atom is -0.382 e. The van der Waals surface area contributed by atoms with Gasteiger partial charge in [0.25, 0.3) is 0 Å². The van der Waals surface area contributed by atoms with Gasteiger partial charge >= 0.3 is 6.18 Å². The summed E-state index contributed by atoms with van der Waals surface area (Å²) in [4.78, 5) is 3.97. The van der Waals surface area contributed by atoms with Crippen LogP contribution >= 0.6 is 11.3 Å². The molecule has 0 saturated carbocycles. The van der Waals surface area contributed by atoms with E-state index in [0.29, 0.717) is 10.8 Å². The van der Waals surface area contributed by atoms with E-state index in [1.165, 1.54) is 12.1 Å². The molecule has 0 saturated heterocycles. The van der Waals surface area contributed by atoms with Crippen LogP contribution in [0.15, 0.2) is 29.6 Å². The van der Waals surface area contributed by atoms with E-state index in [-0.39, 0.29) is 11.5 Å². The fourth-order valence-electron chi connectivity index (χ4n) is 1.35. The van der Waals surface area contributed by atoms with Gasteiger partial charge in [-0.2, -0.15) is 13.2 Å². The number of alkyl halides is 3. The molecule has 0 aliphatic carbocycles. The number of nitrogens with two attached hydrogens (primary N) is 1. The van der Waals surface area contributed by atoms with E-state index in [2.05, 4.69) is 10.3 Å². The predicted molar refractivity (Wildman–Crippen MR) is 67.9 cm³/mol. The first-order chi connectivity index (χ1) is 8.86. The lowest BCUT2D eigenvalue weighted by Crippen LogP contribution is -2.11. The highest BCUT2D eigenvalue weighted by Crippen LogP contribution is 2.31. The molecule has 0 atom stereocenters. The molecular formula is C11H9F3N4S. The highest BCUT2D eigenvalue weighted by atomic mass is 32.1. The van der Waals surface area contributed by atoms with Crippen LogP contribution in [0.2, 0.25) is 0 Å². The Morgan fingerprint density at radius 1 is 1.37 bits per heavy atom. The van der Waals surface area contributed by atoms with Gasteiger partial charge in [0.15, 0.2) is 5.13 Å². The summed E-state index contributed by atoms with van der Waals surface area (Å²) >= 11 is 1.16. The maximum absolute atomic E-state index is 12.5. The van der Waals surface area contributed by atoms with Gasteiger partial charge in [-0.1, -0.05) is 6.07 Å². The smallest absolute Gasteiger partial charge is 0.382 e. The first-order valence-corrected chi connectivity index (χ1v) is 5.98.